The molecule has 7 nitrogen and oxygen atoms in total. The second kappa shape index (κ2) is 6.08. The fraction of sp³-hybridized carbons (Fsp3) is 0.737. The molecule has 5 rings (SSSR count). The van der Waals surface area contributed by atoms with Gasteiger partial charge >= 0.3 is 5.97 Å². The zero-order valence-electron chi connectivity index (χ0n) is 15.3. The highest BCUT2D eigenvalue weighted by Crippen LogP contribution is 2.62. The second-order valence-corrected chi connectivity index (χ2v) is 8.81. The number of aryl methyl sites for hydroxylation is 1. The highest BCUT2D eigenvalue weighted by atomic mass is 16.5. The molecule has 142 valence electrons. The van der Waals surface area contributed by atoms with E-state index in [1.807, 2.05) is 0 Å². The molecule has 4 aliphatic rings. The lowest BCUT2D eigenvalue weighted by Gasteiger charge is -2.60. The standard InChI is InChI=1S/C19H26N2O5/c1-11-3-15(21-26-11)20-17(23)12(2)25-16(22)9-18-5-13-4-14(6-18)8-19(24,7-13)10-18/h3,12-14,24H,4-10H2,1-2H3,(H,20,21,23)/t12-,13+,14+,18?,19?/m0/s1. The SMILES string of the molecule is Cc1cc(NC(=O)[C@H](C)OC(=O)CC23C[C@H]4C[C@@H](CC(O)(C4)C2)C3)no1. The monoisotopic (exact) mass is 362 g/mol. The Kier molecular flexibility index (Phi) is 4.10. The summed E-state index contributed by atoms with van der Waals surface area (Å²) < 4.78 is 10.3. The molecule has 2 N–H and O–H groups in total. The zero-order chi connectivity index (χ0) is 18.5. The molecule has 0 aromatic carbocycles. The quantitative estimate of drug-likeness (QED) is 0.781. The van der Waals surface area contributed by atoms with Gasteiger partial charge in [0.1, 0.15) is 5.76 Å². The molecule has 1 aromatic heterocycles. The van der Waals surface area contributed by atoms with Gasteiger partial charge in [0, 0.05) is 6.07 Å². The molecular weight excluding hydrogens is 336 g/mol. The van der Waals surface area contributed by atoms with E-state index in [-0.39, 0.29) is 17.8 Å². The van der Waals surface area contributed by atoms with Crippen molar-refractivity contribution in [2.24, 2.45) is 17.3 Å². The van der Waals surface area contributed by atoms with Gasteiger partial charge in [-0.25, -0.2) is 0 Å². The molecule has 0 saturated heterocycles. The number of hydrogen-bond donors (Lipinski definition) is 2. The van der Waals surface area contributed by atoms with Crippen molar-refractivity contribution in [1.82, 2.24) is 5.16 Å². The Morgan fingerprint density at radius 1 is 1.38 bits per heavy atom. The first-order valence-corrected chi connectivity index (χ1v) is 9.40. The van der Waals surface area contributed by atoms with E-state index in [0.29, 0.717) is 29.8 Å². The summed E-state index contributed by atoms with van der Waals surface area (Å²) in [5.41, 5.74) is -0.756. The van der Waals surface area contributed by atoms with Crippen LogP contribution < -0.4 is 5.32 Å². The summed E-state index contributed by atoms with van der Waals surface area (Å²) in [6, 6.07) is 1.60. The molecule has 4 saturated carbocycles. The van der Waals surface area contributed by atoms with Gasteiger partial charge in [-0.15, -0.1) is 0 Å². The van der Waals surface area contributed by atoms with Crippen LogP contribution in [-0.4, -0.2) is 33.8 Å². The third-order valence-electron chi connectivity index (χ3n) is 6.23. The molecule has 4 bridgehead atoms. The van der Waals surface area contributed by atoms with E-state index in [0.717, 1.165) is 25.7 Å². The van der Waals surface area contributed by atoms with E-state index in [1.165, 1.54) is 6.42 Å². The number of nitrogens with zero attached hydrogens (tertiary/aromatic N) is 1. The Balaban J connectivity index is 1.34. The molecule has 1 heterocycles. The largest absolute Gasteiger partial charge is 0.453 e. The zero-order valence-corrected chi connectivity index (χ0v) is 15.3. The van der Waals surface area contributed by atoms with Crippen LogP contribution >= 0.6 is 0 Å². The van der Waals surface area contributed by atoms with Gasteiger partial charge in [0.25, 0.3) is 5.91 Å². The molecular formula is C19H26N2O5. The number of aliphatic hydroxyl groups is 1. The number of nitrogens with one attached hydrogen (secondary N) is 1. The Bertz CT molecular complexity index is 713. The summed E-state index contributed by atoms with van der Waals surface area (Å²) in [6.07, 6.45) is 4.95. The third-order valence-corrected chi connectivity index (χ3v) is 6.23. The van der Waals surface area contributed by atoms with E-state index in [4.69, 9.17) is 9.26 Å². The first-order valence-electron chi connectivity index (χ1n) is 9.40. The first kappa shape index (κ1) is 17.5. The maximum absolute atomic E-state index is 12.5. The maximum atomic E-state index is 12.5. The normalized spacial score (nSPS) is 36.0. The highest BCUT2D eigenvalue weighted by molar-refractivity contribution is 5.94. The smallest absolute Gasteiger partial charge is 0.307 e. The van der Waals surface area contributed by atoms with Crippen molar-refractivity contribution >= 4 is 17.7 Å². The molecule has 0 aliphatic heterocycles. The van der Waals surface area contributed by atoms with Gasteiger partial charge in [0.05, 0.1) is 12.0 Å². The minimum Gasteiger partial charge on any atom is -0.453 e. The van der Waals surface area contributed by atoms with Crippen LogP contribution in [0.5, 0.6) is 0 Å². The minimum absolute atomic E-state index is 0.157. The average molecular weight is 362 g/mol. The Labute approximate surface area is 152 Å². The van der Waals surface area contributed by atoms with Crippen LogP contribution in [0.4, 0.5) is 5.82 Å². The van der Waals surface area contributed by atoms with Crippen molar-refractivity contribution in [2.45, 2.75) is 70.5 Å². The van der Waals surface area contributed by atoms with E-state index in [9.17, 15) is 14.7 Å². The minimum atomic E-state index is -0.906. The summed E-state index contributed by atoms with van der Waals surface area (Å²) in [7, 11) is 0. The number of esters is 1. The first-order chi connectivity index (χ1) is 12.2. The van der Waals surface area contributed by atoms with Gasteiger partial charge < -0.3 is 19.7 Å². The molecule has 1 aromatic rings. The molecule has 0 spiro atoms. The summed E-state index contributed by atoms with van der Waals surface area (Å²) in [5.74, 6) is 1.13. The fourth-order valence-electron chi connectivity index (χ4n) is 5.86. The van der Waals surface area contributed by atoms with Crippen LogP contribution in [0.1, 0.15) is 57.6 Å². The van der Waals surface area contributed by atoms with Crippen LogP contribution in [0.15, 0.2) is 10.6 Å². The van der Waals surface area contributed by atoms with E-state index >= 15 is 0 Å². The molecule has 3 atom stereocenters. The van der Waals surface area contributed by atoms with Gasteiger partial charge in [-0.05, 0) is 69.6 Å². The number of anilines is 1. The predicted octanol–water partition coefficient (Wildman–Crippen LogP) is 2.57. The lowest BCUT2D eigenvalue weighted by molar-refractivity contribution is -0.179. The fourth-order valence-corrected chi connectivity index (χ4v) is 5.86. The Morgan fingerprint density at radius 2 is 2.08 bits per heavy atom. The van der Waals surface area contributed by atoms with Crippen LogP contribution in [0, 0.1) is 24.2 Å². The van der Waals surface area contributed by atoms with E-state index < -0.39 is 17.6 Å². The number of carbonyl (C=O) groups excluding carboxylic acids is 2. The van der Waals surface area contributed by atoms with Crippen molar-refractivity contribution in [3.63, 3.8) is 0 Å². The van der Waals surface area contributed by atoms with Crippen LogP contribution in [-0.2, 0) is 14.3 Å². The Hall–Kier alpha value is -1.89. The van der Waals surface area contributed by atoms with Gasteiger partial charge in [0.2, 0.25) is 0 Å². The van der Waals surface area contributed by atoms with Crippen LogP contribution in [0.25, 0.3) is 0 Å². The Morgan fingerprint density at radius 3 is 2.65 bits per heavy atom. The number of amides is 1. The molecule has 4 fully saturated rings. The molecule has 1 amide bonds. The molecule has 4 aliphatic carbocycles. The van der Waals surface area contributed by atoms with Gasteiger partial charge in [-0.1, -0.05) is 5.16 Å². The molecule has 26 heavy (non-hydrogen) atoms. The predicted molar refractivity (Wildman–Crippen MR) is 92.1 cm³/mol. The van der Waals surface area contributed by atoms with E-state index in [1.54, 1.807) is 19.9 Å². The van der Waals surface area contributed by atoms with Crippen LogP contribution in [0.2, 0.25) is 0 Å². The average Bonchev–Trinajstić information content (AvgIpc) is 2.88. The topological polar surface area (TPSA) is 102 Å². The van der Waals surface area contributed by atoms with Crippen molar-refractivity contribution < 1.29 is 24.0 Å². The maximum Gasteiger partial charge on any atom is 0.307 e. The van der Waals surface area contributed by atoms with Gasteiger partial charge in [0.15, 0.2) is 11.9 Å². The molecule has 0 unspecified atom stereocenters. The number of rotatable bonds is 5. The van der Waals surface area contributed by atoms with Crippen molar-refractivity contribution in [3.8, 4) is 0 Å². The van der Waals surface area contributed by atoms with Crippen molar-refractivity contribution in [2.75, 3.05) is 5.32 Å². The van der Waals surface area contributed by atoms with Gasteiger partial charge in [-0.2, -0.15) is 0 Å². The lowest BCUT2D eigenvalue weighted by Crippen LogP contribution is -2.56. The number of carbonyl (C=O) groups is 2. The number of hydrogen-bond acceptors (Lipinski definition) is 6. The number of aromatic nitrogens is 1. The molecule has 0 radical (unpaired) electrons. The number of ether oxygens (including phenoxy) is 1. The van der Waals surface area contributed by atoms with Crippen molar-refractivity contribution in [1.29, 1.82) is 0 Å². The van der Waals surface area contributed by atoms with E-state index in [2.05, 4.69) is 10.5 Å². The summed E-state index contributed by atoms with van der Waals surface area (Å²) >= 11 is 0. The summed E-state index contributed by atoms with van der Waals surface area (Å²) in [5, 5.41) is 17.1. The van der Waals surface area contributed by atoms with Crippen molar-refractivity contribution in [3.05, 3.63) is 11.8 Å². The molecule has 7 heteroatoms. The van der Waals surface area contributed by atoms with Crippen LogP contribution in [0.3, 0.4) is 0 Å². The second-order valence-electron chi connectivity index (χ2n) is 8.81. The highest BCUT2D eigenvalue weighted by Gasteiger charge is 2.57. The summed E-state index contributed by atoms with van der Waals surface area (Å²) in [6.45, 7) is 3.28. The van der Waals surface area contributed by atoms with Gasteiger partial charge in [-0.3, -0.25) is 9.59 Å². The lowest BCUT2D eigenvalue weighted by atomic mass is 9.47. The summed E-state index contributed by atoms with van der Waals surface area (Å²) in [4.78, 5) is 24.6. The third kappa shape index (κ3) is 3.37.